The molecule has 0 spiro atoms. The molecule has 0 radical (unpaired) electrons. The Labute approximate surface area is 221 Å². The number of Topliss-reactive ketones (excluding diaryl/α,β-unsaturated/α-hetero) is 1. The van der Waals surface area contributed by atoms with Gasteiger partial charge in [0.1, 0.15) is 5.78 Å². The topological polar surface area (TPSA) is 188 Å². The monoisotopic (exact) mass is 538 g/mol. The fraction of sp³-hybridized carbons (Fsp3) is 0.560. The van der Waals surface area contributed by atoms with Gasteiger partial charge in [0.25, 0.3) is 0 Å². The molecule has 0 heterocycles. The van der Waals surface area contributed by atoms with Crippen molar-refractivity contribution in [2.45, 2.75) is 39.3 Å². The van der Waals surface area contributed by atoms with Crippen molar-refractivity contribution in [1.82, 2.24) is 14.7 Å². The van der Waals surface area contributed by atoms with E-state index < -0.39 is 56.1 Å². The number of nitrogens with one attached hydrogen (secondary N) is 1. The molecular weight excluding hydrogens is 500 g/mol. The summed E-state index contributed by atoms with van der Waals surface area (Å²) in [4.78, 5) is 61.5. The highest BCUT2D eigenvalue weighted by molar-refractivity contribution is 5.78. The molecule has 0 saturated heterocycles. The largest absolute Gasteiger partial charge is 0.480 e. The molecule has 0 aromatic heterocycles. The Morgan fingerprint density at radius 2 is 1.21 bits per heavy atom. The van der Waals surface area contributed by atoms with E-state index in [-0.39, 0.29) is 38.0 Å². The van der Waals surface area contributed by atoms with Gasteiger partial charge in [0.2, 0.25) is 0 Å². The predicted octanol–water partition coefficient (Wildman–Crippen LogP) is 0.251. The number of ketones is 1. The number of carboxylic acids is 4. The first-order chi connectivity index (χ1) is 17.7. The lowest BCUT2D eigenvalue weighted by Crippen LogP contribution is -2.51. The van der Waals surface area contributed by atoms with E-state index in [0.29, 0.717) is 6.42 Å². The molecule has 0 saturated carbocycles. The number of anilines is 1. The first kappa shape index (κ1) is 32.5. The SMILES string of the molecule is CC(=O)CN(CC(=O)O)C(Cc1ccc(NC(C)C)cc1)CN(CCN(CC(=O)O)CC(=O)O)CC(=O)O. The maximum absolute atomic E-state index is 12.0. The van der Waals surface area contributed by atoms with E-state index in [1.54, 1.807) is 0 Å². The van der Waals surface area contributed by atoms with Gasteiger partial charge in [-0.2, -0.15) is 0 Å². The zero-order valence-electron chi connectivity index (χ0n) is 22.0. The van der Waals surface area contributed by atoms with Crippen LogP contribution in [0.25, 0.3) is 0 Å². The van der Waals surface area contributed by atoms with Gasteiger partial charge in [-0.05, 0) is 44.9 Å². The second-order valence-corrected chi connectivity index (χ2v) is 9.48. The standard InChI is InChI=1S/C25H38N4O9/c1-17(2)26-20-6-4-19(5-7-20)10-21(29(11-18(3)30)16-25(37)38)12-27(13-22(31)32)8-9-28(14-23(33)34)15-24(35)36/h4-7,17,21,26H,8-16H2,1-3H3,(H,31,32)(H,33,34)(H,35,36)(H,37,38). The van der Waals surface area contributed by atoms with Gasteiger partial charge in [-0.15, -0.1) is 0 Å². The average molecular weight is 539 g/mol. The third-order valence-corrected chi connectivity index (χ3v) is 5.44. The molecule has 5 N–H and O–H groups in total. The molecular formula is C25H38N4O9. The van der Waals surface area contributed by atoms with Crippen LogP contribution in [0.15, 0.2) is 24.3 Å². The van der Waals surface area contributed by atoms with Gasteiger partial charge < -0.3 is 25.7 Å². The second-order valence-electron chi connectivity index (χ2n) is 9.48. The summed E-state index contributed by atoms with van der Waals surface area (Å²) in [6, 6.07) is 7.14. The van der Waals surface area contributed by atoms with E-state index in [1.807, 2.05) is 38.1 Å². The van der Waals surface area contributed by atoms with E-state index in [1.165, 1.54) is 21.6 Å². The Balaban J connectivity index is 3.22. The van der Waals surface area contributed by atoms with Crippen LogP contribution in [-0.4, -0.2) is 129 Å². The number of hydrogen-bond donors (Lipinski definition) is 5. The van der Waals surface area contributed by atoms with Crippen molar-refractivity contribution in [3.05, 3.63) is 29.8 Å². The Morgan fingerprint density at radius 3 is 1.66 bits per heavy atom. The molecule has 0 aliphatic carbocycles. The summed E-state index contributed by atoms with van der Waals surface area (Å²) in [5.74, 6) is -5.01. The minimum Gasteiger partial charge on any atom is -0.480 e. The maximum Gasteiger partial charge on any atom is 0.317 e. The summed E-state index contributed by atoms with van der Waals surface area (Å²) >= 11 is 0. The van der Waals surface area contributed by atoms with Crippen LogP contribution < -0.4 is 5.32 Å². The molecule has 212 valence electrons. The van der Waals surface area contributed by atoms with E-state index in [4.69, 9.17) is 10.2 Å². The van der Waals surface area contributed by atoms with Gasteiger partial charge in [-0.25, -0.2) is 0 Å². The number of hydrogen-bond acceptors (Lipinski definition) is 9. The lowest BCUT2D eigenvalue weighted by Gasteiger charge is -2.34. The van der Waals surface area contributed by atoms with Gasteiger partial charge in [-0.1, -0.05) is 12.1 Å². The van der Waals surface area contributed by atoms with Crippen LogP contribution in [0, 0.1) is 0 Å². The van der Waals surface area contributed by atoms with Crippen molar-refractivity contribution < 1.29 is 44.4 Å². The third-order valence-electron chi connectivity index (χ3n) is 5.44. The number of carboxylic acid groups (broad SMARTS) is 4. The van der Waals surface area contributed by atoms with Crippen molar-refractivity contribution in [2.75, 3.05) is 57.7 Å². The molecule has 1 aromatic carbocycles. The number of benzene rings is 1. The maximum atomic E-state index is 12.0. The van der Waals surface area contributed by atoms with Gasteiger partial charge in [-0.3, -0.25) is 38.7 Å². The minimum atomic E-state index is -1.22. The van der Waals surface area contributed by atoms with E-state index in [0.717, 1.165) is 11.3 Å². The normalized spacial score (nSPS) is 12.2. The van der Waals surface area contributed by atoms with Crippen LogP contribution in [0.1, 0.15) is 26.3 Å². The van der Waals surface area contributed by atoms with E-state index in [2.05, 4.69) is 5.32 Å². The zero-order chi connectivity index (χ0) is 28.8. The van der Waals surface area contributed by atoms with E-state index in [9.17, 15) is 34.2 Å². The van der Waals surface area contributed by atoms with E-state index >= 15 is 0 Å². The van der Waals surface area contributed by atoms with Crippen LogP contribution in [0.5, 0.6) is 0 Å². The number of carbonyl (C=O) groups excluding carboxylic acids is 1. The zero-order valence-corrected chi connectivity index (χ0v) is 22.0. The molecule has 1 unspecified atom stereocenters. The summed E-state index contributed by atoms with van der Waals surface area (Å²) < 4.78 is 0. The summed E-state index contributed by atoms with van der Waals surface area (Å²) in [6.07, 6.45) is 0.312. The van der Waals surface area contributed by atoms with Crippen LogP contribution in [-0.2, 0) is 30.4 Å². The number of nitrogens with zero attached hydrogens (tertiary/aromatic N) is 3. The van der Waals surface area contributed by atoms with Crippen LogP contribution >= 0.6 is 0 Å². The number of carbonyl (C=O) groups is 5. The first-order valence-electron chi connectivity index (χ1n) is 12.2. The van der Waals surface area contributed by atoms with Gasteiger partial charge in [0.15, 0.2) is 0 Å². The molecule has 0 fully saturated rings. The average Bonchev–Trinajstić information content (AvgIpc) is 2.75. The molecule has 1 atom stereocenters. The van der Waals surface area contributed by atoms with Crippen molar-refractivity contribution in [1.29, 1.82) is 0 Å². The molecule has 0 aliphatic rings. The van der Waals surface area contributed by atoms with Crippen LogP contribution in [0.2, 0.25) is 0 Å². The van der Waals surface area contributed by atoms with Gasteiger partial charge in [0, 0.05) is 37.4 Å². The Morgan fingerprint density at radius 1 is 0.737 bits per heavy atom. The molecule has 0 amide bonds. The molecule has 1 aromatic rings. The van der Waals surface area contributed by atoms with Crippen molar-refractivity contribution >= 4 is 35.3 Å². The summed E-state index contributed by atoms with van der Waals surface area (Å²) in [5, 5.41) is 40.4. The highest BCUT2D eigenvalue weighted by atomic mass is 16.4. The smallest absolute Gasteiger partial charge is 0.317 e. The third kappa shape index (κ3) is 14.3. The summed E-state index contributed by atoms with van der Waals surface area (Å²) in [5.41, 5.74) is 1.74. The Kier molecular flexibility index (Phi) is 14.0. The van der Waals surface area contributed by atoms with Gasteiger partial charge in [0.05, 0.1) is 32.7 Å². The predicted molar refractivity (Wildman–Crippen MR) is 138 cm³/mol. The molecule has 13 nitrogen and oxygen atoms in total. The van der Waals surface area contributed by atoms with Crippen LogP contribution in [0.4, 0.5) is 5.69 Å². The lowest BCUT2D eigenvalue weighted by molar-refractivity contribution is -0.143. The Bertz CT molecular complexity index is 921. The quantitative estimate of drug-likeness (QED) is 0.152. The summed E-state index contributed by atoms with van der Waals surface area (Å²) in [6.45, 7) is 3.24. The molecule has 0 aliphatic heterocycles. The minimum absolute atomic E-state index is 0.0155. The molecule has 0 bridgehead atoms. The highest BCUT2D eigenvalue weighted by Crippen LogP contribution is 2.16. The summed E-state index contributed by atoms with van der Waals surface area (Å²) in [7, 11) is 0. The lowest BCUT2D eigenvalue weighted by atomic mass is 10.0. The first-order valence-corrected chi connectivity index (χ1v) is 12.2. The Hall–Kier alpha value is -3.55. The fourth-order valence-corrected chi connectivity index (χ4v) is 4.03. The molecule has 1 rings (SSSR count). The van der Waals surface area contributed by atoms with Crippen molar-refractivity contribution in [2.24, 2.45) is 0 Å². The molecule has 13 heteroatoms. The van der Waals surface area contributed by atoms with Crippen LogP contribution in [0.3, 0.4) is 0 Å². The number of rotatable bonds is 20. The fourth-order valence-electron chi connectivity index (χ4n) is 4.03. The second kappa shape index (κ2) is 16.3. The van der Waals surface area contributed by atoms with Crippen molar-refractivity contribution in [3.8, 4) is 0 Å². The number of aliphatic carboxylic acids is 4. The molecule has 38 heavy (non-hydrogen) atoms. The van der Waals surface area contributed by atoms with Crippen molar-refractivity contribution in [3.63, 3.8) is 0 Å². The van der Waals surface area contributed by atoms with Gasteiger partial charge >= 0.3 is 23.9 Å². The highest BCUT2D eigenvalue weighted by Gasteiger charge is 2.26.